The summed E-state index contributed by atoms with van der Waals surface area (Å²) >= 11 is 0. The SMILES string of the molecule is CCCC1CN(CCc2ccc(C(=O)O)cc2)C1. The second kappa shape index (κ2) is 6.01. The summed E-state index contributed by atoms with van der Waals surface area (Å²) in [5, 5.41) is 8.81. The van der Waals surface area contributed by atoms with Crippen LogP contribution in [-0.4, -0.2) is 35.6 Å². The van der Waals surface area contributed by atoms with Crippen LogP contribution in [0.1, 0.15) is 35.7 Å². The molecule has 0 unspecified atom stereocenters. The molecule has 0 spiro atoms. The maximum atomic E-state index is 10.7. The highest BCUT2D eigenvalue weighted by atomic mass is 16.4. The smallest absolute Gasteiger partial charge is 0.335 e. The largest absolute Gasteiger partial charge is 0.478 e. The number of carboxylic acids is 1. The van der Waals surface area contributed by atoms with E-state index >= 15 is 0 Å². The minimum atomic E-state index is -0.855. The van der Waals surface area contributed by atoms with Crippen molar-refractivity contribution in [1.82, 2.24) is 4.90 Å². The maximum absolute atomic E-state index is 10.7. The Bertz CT molecular complexity index is 393. The van der Waals surface area contributed by atoms with Crippen molar-refractivity contribution in [2.24, 2.45) is 5.92 Å². The summed E-state index contributed by atoms with van der Waals surface area (Å²) < 4.78 is 0. The molecule has 0 amide bonds. The van der Waals surface area contributed by atoms with E-state index in [2.05, 4.69) is 11.8 Å². The van der Waals surface area contributed by atoms with E-state index in [-0.39, 0.29) is 0 Å². The van der Waals surface area contributed by atoms with Gasteiger partial charge >= 0.3 is 5.97 Å². The van der Waals surface area contributed by atoms with Gasteiger partial charge in [0.25, 0.3) is 0 Å². The molecule has 1 heterocycles. The number of rotatable bonds is 6. The lowest BCUT2D eigenvalue weighted by atomic mass is 9.94. The van der Waals surface area contributed by atoms with Crippen molar-refractivity contribution >= 4 is 5.97 Å². The van der Waals surface area contributed by atoms with Crippen LogP contribution in [0.4, 0.5) is 0 Å². The normalized spacial score (nSPS) is 16.5. The van der Waals surface area contributed by atoms with Crippen molar-refractivity contribution in [2.75, 3.05) is 19.6 Å². The molecule has 3 nitrogen and oxygen atoms in total. The van der Waals surface area contributed by atoms with E-state index in [1.54, 1.807) is 12.1 Å². The molecule has 1 N–H and O–H groups in total. The lowest BCUT2D eigenvalue weighted by Crippen LogP contribution is -2.47. The maximum Gasteiger partial charge on any atom is 0.335 e. The Labute approximate surface area is 108 Å². The second-order valence-corrected chi connectivity index (χ2v) is 5.17. The van der Waals surface area contributed by atoms with E-state index in [0.29, 0.717) is 5.56 Å². The predicted octanol–water partition coefficient (Wildman–Crippen LogP) is 2.66. The van der Waals surface area contributed by atoms with E-state index in [4.69, 9.17) is 5.11 Å². The Morgan fingerprint density at radius 1 is 1.33 bits per heavy atom. The third-order valence-corrected chi connectivity index (χ3v) is 3.65. The third kappa shape index (κ3) is 3.33. The van der Waals surface area contributed by atoms with E-state index in [0.717, 1.165) is 18.9 Å². The fraction of sp³-hybridized carbons (Fsp3) is 0.533. The molecule has 1 fully saturated rings. The van der Waals surface area contributed by atoms with Crippen molar-refractivity contribution in [3.63, 3.8) is 0 Å². The van der Waals surface area contributed by atoms with Gasteiger partial charge in [-0.3, -0.25) is 0 Å². The van der Waals surface area contributed by atoms with Gasteiger partial charge in [0, 0.05) is 19.6 Å². The molecule has 0 atom stereocenters. The molecular formula is C15H21NO2. The van der Waals surface area contributed by atoms with E-state index in [1.165, 1.54) is 31.5 Å². The molecule has 0 aromatic heterocycles. The molecule has 0 bridgehead atoms. The van der Waals surface area contributed by atoms with Crippen LogP contribution in [0.2, 0.25) is 0 Å². The zero-order chi connectivity index (χ0) is 13.0. The average Bonchev–Trinajstić information content (AvgIpc) is 2.32. The monoisotopic (exact) mass is 247 g/mol. The Kier molecular flexibility index (Phi) is 4.37. The van der Waals surface area contributed by atoms with Crippen molar-refractivity contribution in [3.05, 3.63) is 35.4 Å². The zero-order valence-corrected chi connectivity index (χ0v) is 10.9. The topological polar surface area (TPSA) is 40.5 Å². The molecule has 1 aromatic carbocycles. The highest BCUT2D eigenvalue weighted by molar-refractivity contribution is 5.87. The number of nitrogens with zero attached hydrogens (tertiary/aromatic N) is 1. The van der Waals surface area contributed by atoms with Crippen molar-refractivity contribution in [3.8, 4) is 0 Å². The molecule has 1 aliphatic rings. The van der Waals surface area contributed by atoms with Gasteiger partial charge in [0.2, 0.25) is 0 Å². The average molecular weight is 247 g/mol. The molecule has 1 saturated heterocycles. The van der Waals surface area contributed by atoms with Crippen molar-refractivity contribution in [1.29, 1.82) is 0 Å². The van der Waals surface area contributed by atoms with Crippen LogP contribution < -0.4 is 0 Å². The standard InChI is InChI=1S/C15H21NO2/c1-2-3-13-10-16(11-13)9-8-12-4-6-14(7-5-12)15(17)18/h4-7,13H,2-3,8-11H2,1H3,(H,17,18). The fourth-order valence-electron chi connectivity index (χ4n) is 2.55. The number of benzene rings is 1. The summed E-state index contributed by atoms with van der Waals surface area (Å²) in [5.41, 5.74) is 1.59. The first-order chi connectivity index (χ1) is 8.69. The first-order valence-electron chi connectivity index (χ1n) is 6.73. The van der Waals surface area contributed by atoms with Gasteiger partial charge in [0.15, 0.2) is 0 Å². The summed E-state index contributed by atoms with van der Waals surface area (Å²) in [4.78, 5) is 13.2. The summed E-state index contributed by atoms with van der Waals surface area (Å²) in [5.74, 6) is 0.0519. The van der Waals surface area contributed by atoms with E-state index < -0.39 is 5.97 Å². The Morgan fingerprint density at radius 2 is 2.00 bits per heavy atom. The molecular weight excluding hydrogens is 226 g/mol. The zero-order valence-electron chi connectivity index (χ0n) is 10.9. The van der Waals surface area contributed by atoms with Crippen molar-refractivity contribution in [2.45, 2.75) is 26.2 Å². The summed E-state index contributed by atoms with van der Waals surface area (Å²) in [7, 11) is 0. The van der Waals surface area contributed by atoms with Gasteiger partial charge in [-0.15, -0.1) is 0 Å². The summed E-state index contributed by atoms with van der Waals surface area (Å²) in [6.07, 6.45) is 3.65. The fourth-order valence-corrected chi connectivity index (χ4v) is 2.55. The molecule has 0 saturated carbocycles. The van der Waals surface area contributed by atoms with Crippen molar-refractivity contribution < 1.29 is 9.90 Å². The molecule has 18 heavy (non-hydrogen) atoms. The number of carbonyl (C=O) groups is 1. The highest BCUT2D eigenvalue weighted by Gasteiger charge is 2.24. The quantitative estimate of drug-likeness (QED) is 0.840. The number of hydrogen-bond donors (Lipinski definition) is 1. The lowest BCUT2D eigenvalue weighted by Gasteiger charge is -2.39. The first kappa shape index (κ1) is 13.1. The number of aromatic carboxylic acids is 1. The van der Waals surface area contributed by atoms with Gasteiger partial charge < -0.3 is 10.0 Å². The number of carboxylic acid groups (broad SMARTS) is 1. The van der Waals surface area contributed by atoms with Gasteiger partial charge in [0.1, 0.15) is 0 Å². The van der Waals surface area contributed by atoms with Crippen LogP contribution in [0.3, 0.4) is 0 Å². The minimum Gasteiger partial charge on any atom is -0.478 e. The predicted molar refractivity (Wildman–Crippen MR) is 71.9 cm³/mol. The van der Waals surface area contributed by atoms with Crippen LogP contribution in [0.15, 0.2) is 24.3 Å². The van der Waals surface area contributed by atoms with Gasteiger partial charge in [-0.2, -0.15) is 0 Å². The van der Waals surface area contributed by atoms with Crippen LogP contribution in [0, 0.1) is 5.92 Å². The second-order valence-electron chi connectivity index (χ2n) is 5.17. The van der Waals surface area contributed by atoms with Gasteiger partial charge in [-0.05, 0) is 36.5 Å². The van der Waals surface area contributed by atoms with E-state index in [9.17, 15) is 4.79 Å². The molecule has 2 rings (SSSR count). The molecule has 98 valence electrons. The first-order valence-corrected chi connectivity index (χ1v) is 6.73. The number of hydrogen-bond acceptors (Lipinski definition) is 2. The molecule has 1 aliphatic heterocycles. The van der Waals surface area contributed by atoms with E-state index in [1.807, 2.05) is 12.1 Å². The van der Waals surface area contributed by atoms with Gasteiger partial charge in [0.05, 0.1) is 5.56 Å². The van der Waals surface area contributed by atoms with Gasteiger partial charge in [-0.25, -0.2) is 4.79 Å². The van der Waals surface area contributed by atoms with Crippen LogP contribution in [0.5, 0.6) is 0 Å². The number of likely N-dealkylation sites (tertiary alicyclic amines) is 1. The Balaban J connectivity index is 1.73. The van der Waals surface area contributed by atoms with Crippen LogP contribution >= 0.6 is 0 Å². The molecule has 1 aromatic rings. The highest BCUT2D eigenvalue weighted by Crippen LogP contribution is 2.20. The molecule has 0 aliphatic carbocycles. The third-order valence-electron chi connectivity index (χ3n) is 3.65. The minimum absolute atomic E-state index is 0.366. The summed E-state index contributed by atoms with van der Waals surface area (Å²) in [6, 6.07) is 7.22. The lowest BCUT2D eigenvalue weighted by molar-refractivity contribution is 0.0697. The Hall–Kier alpha value is -1.35. The molecule has 0 radical (unpaired) electrons. The van der Waals surface area contributed by atoms with Gasteiger partial charge in [-0.1, -0.05) is 25.5 Å². The van der Waals surface area contributed by atoms with Crippen LogP contribution in [-0.2, 0) is 6.42 Å². The van der Waals surface area contributed by atoms with Crippen LogP contribution in [0.25, 0.3) is 0 Å². The Morgan fingerprint density at radius 3 is 2.56 bits per heavy atom. The summed E-state index contributed by atoms with van der Waals surface area (Å²) in [6.45, 7) is 5.81. The molecule has 3 heteroatoms.